The van der Waals surface area contributed by atoms with Crippen LogP contribution in [0.25, 0.3) is 0 Å². The van der Waals surface area contributed by atoms with Crippen LogP contribution in [0, 0.1) is 5.92 Å². The maximum atomic E-state index is 9.61. The molecular formula is C8H17NO2. The van der Waals surface area contributed by atoms with Crippen molar-refractivity contribution in [3.63, 3.8) is 0 Å². The Hall–Kier alpha value is -0.120. The molecule has 1 saturated heterocycles. The van der Waals surface area contributed by atoms with Gasteiger partial charge in [-0.15, -0.1) is 0 Å². The molecule has 1 aliphatic heterocycles. The lowest BCUT2D eigenvalue weighted by Gasteiger charge is -2.35. The van der Waals surface area contributed by atoms with Crippen LogP contribution in [0.5, 0.6) is 0 Å². The Bertz CT molecular complexity index is 131. The predicted octanol–water partition coefficient (Wildman–Crippen LogP) is -0.272. The second-order valence-electron chi connectivity index (χ2n) is 3.90. The van der Waals surface area contributed by atoms with E-state index in [-0.39, 0.29) is 12.0 Å². The van der Waals surface area contributed by atoms with Crippen molar-refractivity contribution in [2.75, 3.05) is 13.1 Å². The van der Waals surface area contributed by atoms with E-state index in [0.717, 1.165) is 6.54 Å². The molecule has 1 heterocycles. The van der Waals surface area contributed by atoms with Gasteiger partial charge in [-0.3, -0.25) is 0 Å². The van der Waals surface area contributed by atoms with Gasteiger partial charge in [-0.25, -0.2) is 0 Å². The number of aliphatic hydroxyl groups excluding tert-OH is 1. The average molecular weight is 159 g/mol. The van der Waals surface area contributed by atoms with Crippen molar-refractivity contribution >= 4 is 0 Å². The first-order valence-electron chi connectivity index (χ1n) is 4.11. The number of hydrogen-bond donors (Lipinski definition) is 3. The highest BCUT2D eigenvalue weighted by Gasteiger charge is 2.31. The lowest BCUT2D eigenvalue weighted by atomic mass is 9.84. The normalized spacial score (nSPS) is 33.8. The van der Waals surface area contributed by atoms with E-state index in [0.29, 0.717) is 13.0 Å². The molecule has 0 aromatic carbocycles. The molecule has 11 heavy (non-hydrogen) atoms. The molecule has 1 aliphatic rings. The molecule has 0 spiro atoms. The van der Waals surface area contributed by atoms with Crippen LogP contribution in [0.3, 0.4) is 0 Å². The number of β-amino-alcohol motifs (C(OH)–C–C–N with tert-alkyl or cyclic N) is 1. The summed E-state index contributed by atoms with van der Waals surface area (Å²) in [4.78, 5) is 0. The summed E-state index contributed by atoms with van der Waals surface area (Å²) in [6.07, 6.45) is 0.413. The fraction of sp³-hybridized carbons (Fsp3) is 1.00. The fourth-order valence-corrected chi connectivity index (χ4v) is 1.46. The molecule has 0 aliphatic carbocycles. The van der Waals surface area contributed by atoms with E-state index in [1.165, 1.54) is 0 Å². The third kappa shape index (κ3) is 2.43. The quantitative estimate of drug-likeness (QED) is 0.493. The first kappa shape index (κ1) is 8.97. The first-order valence-corrected chi connectivity index (χ1v) is 4.11. The number of hydrogen-bond acceptors (Lipinski definition) is 3. The molecule has 1 unspecified atom stereocenters. The van der Waals surface area contributed by atoms with Gasteiger partial charge in [0.15, 0.2) is 0 Å². The van der Waals surface area contributed by atoms with E-state index < -0.39 is 5.60 Å². The van der Waals surface area contributed by atoms with E-state index in [1.54, 1.807) is 13.8 Å². The van der Waals surface area contributed by atoms with E-state index in [9.17, 15) is 10.2 Å². The molecule has 1 rings (SSSR count). The smallest absolute Gasteiger partial charge is 0.0668 e. The zero-order valence-corrected chi connectivity index (χ0v) is 7.17. The Labute approximate surface area is 67.4 Å². The van der Waals surface area contributed by atoms with Gasteiger partial charge in [0, 0.05) is 19.0 Å². The maximum Gasteiger partial charge on any atom is 0.0668 e. The second kappa shape index (κ2) is 3.09. The summed E-state index contributed by atoms with van der Waals surface area (Å²) in [5.74, 6) is 0.172. The van der Waals surface area contributed by atoms with Gasteiger partial charge in [-0.1, -0.05) is 0 Å². The summed E-state index contributed by atoms with van der Waals surface area (Å²) in [6, 6.07) is 0. The third-order valence-corrected chi connectivity index (χ3v) is 2.33. The van der Waals surface area contributed by atoms with E-state index in [2.05, 4.69) is 5.32 Å². The molecular weight excluding hydrogens is 142 g/mol. The van der Waals surface area contributed by atoms with Gasteiger partial charge >= 0.3 is 0 Å². The lowest BCUT2D eigenvalue weighted by molar-refractivity contribution is -0.0205. The molecule has 0 radical (unpaired) electrons. The molecule has 3 N–H and O–H groups in total. The average Bonchev–Trinajstić information content (AvgIpc) is 1.86. The summed E-state index contributed by atoms with van der Waals surface area (Å²) in [7, 11) is 0. The molecule has 0 aromatic rings. The van der Waals surface area contributed by atoms with Crippen LogP contribution < -0.4 is 5.32 Å². The van der Waals surface area contributed by atoms with Gasteiger partial charge in [0.1, 0.15) is 0 Å². The standard InChI is InChI=1S/C8H17NO2/c1-8(2,11)6-3-7(10)5-9-4-6/h6-7,9-11H,3-5H2,1-2H3/t6-,7?/m1/s1. The minimum atomic E-state index is -0.672. The Morgan fingerprint density at radius 2 is 2.00 bits per heavy atom. The molecule has 0 aromatic heterocycles. The third-order valence-electron chi connectivity index (χ3n) is 2.33. The van der Waals surface area contributed by atoms with E-state index in [4.69, 9.17) is 0 Å². The fourth-order valence-electron chi connectivity index (χ4n) is 1.46. The molecule has 3 nitrogen and oxygen atoms in total. The molecule has 3 heteroatoms. The van der Waals surface area contributed by atoms with Gasteiger partial charge < -0.3 is 15.5 Å². The summed E-state index contributed by atoms with van der Waals surface area (Å²) in [6.45, 7) is 5.04. The topological polar surface area (TPSA) is 52.5 Å². The molecule has 0 saturated carbocycles. The van der Waals surface area contributed by atoms with Gasteiger partial charge in [-0.05, 0) is 20.3 Å². The number of rotatable bonds is 1. The van der Waals surface area contributed by atoms with E-state index in [1.807, 2.05) is 0 Å². The zero-order valence-electron chi connectivity index (χ0n) is 7.17. The van der Waals surface area contributed by atoms with Crippen molar-refractivity contribution in [2.45, 2.75) is 32.0 Å². The largest absolute Gasteiger partial charge is 0.392 e. The van der Waals surface area contributed by atoms with Crippen LogP contribution in [0.2, 0.25) is 0 Å². The van der Waals surface area contributed by atoms with E-state index >= 15 is 0 Å². The second-order valence-corrected chi connectivity index (χ2v) is 3.90. The van der Waals surface area contributed by atoms with Crippen molar-refractivity contribution < 1.29 is 10.2 Å². The van der Waals surface area contributed by atoms with Crippen LogP contribution in [-0.4, -0.2) is 35.0 Å². The van der Waals surface area contributed by atoms with Crippen molar-refractivity contribution in [2.24, 2.45) is 5.92 Å². The number of nitrogens with one attached hydrogen (secondary N) is 1. The van der Waals surface area contributed by atoms with Crippen molar-refractivity contribution in [3.05, 3.63) is 0 Å². The Kier molecular flexibility index (Phi) is 2.52. The van der Waals surface area contributed by atoms with Crippen LogP contribution in [0.15, 0.2) is 0 Å². The molecule has 0 amide bonds. The molecule has 1 fully saturated rings. The molecule has 66 valence electrons. The zero-order chi connectivity index (χ0) is 8.48. The predicted molar refractivity (Wildman–Crippen MR) is 43.3 cm³/mol. The minimum Gasteiger partial charge on any atom is -0.392 e. The number of aliphatic hydroxyl groups is 2. The van der Waals surface area contributed by atoms with Gasteiger partial charge in [0.25, 0.3) is 0 Å². The van der Waals surface area contributed by atoms with Gasteiger partial charge in [0.05, 0.1) is 11.7 Å². The minimum absolute atomic E-state index is 0.172. The maximum absolute atomic E-state index is 9.61. The highest BCUT2D eigenvalue weighted by molar-refractivity contribution is 4.85. The van der Waals surface area contributed by atoms with Crippen LogP contribution in [0.4, 0.5) is 0 Å². The Morgan fingerprint density at radius 1 is 1.36 bits per heavy atom. The monoisotopic (exact) mass is 159 g/mol. The summed E-state index contributed by atoms with van der Waals surface area (Å²) in [5, 5.41) is 22.0. The highest BCUT2D eigenvalue weighted by Crippen LogP contribution is 2.23. The van der Waals surface area contributed by atoms with Crippen LogP contribution in [0.1, 0.15) is 20.3 Å². The molecule has 2 atom stereocenters. The van der Waals surface area contributed by atoms with Crippen molar-refractivity contribution in [1.82, 2.24) is 5.32 Å². The van der Waals surface area contributed by atoms with Crippen LogP contribution in [-0.2, 0) is 0 Å². The summed E-state index contributed by atoms with van der Waals surface area (Å²) < 4.78 is 0. The Balaban J connectivity index is 2.46. The van der Waals surface area contributed by atoms with Crippen molar-refractivity contribution in [1.29, 1.82) is 0 Å². The SMILES string of the molecule is CC(C)(O)[C@H]1CNCC(O)C1. The van der Waals surface area contributed by atoms with Gasteiger partial charge in [-0.2, -0.15) is 0 Å². The number of piperidine rings is 1. The van der Waals surface area contributed by atoms with Crippen molar-refractivity contribution in [3.8, 4) is 0 Å². The highest BCUT2D eigenvalue weighted by atomic mass is 16.3. The Morgan fingerprint density at radius 3 is 2.36 bits per heavy atom. The first-order chi connectivity index (χ1) is 5.00. The molecule has 0 bridgehead atoms. The lowest BCUT2D eigenvalue weighted by Crippen LogP contribution is -2.47. The van der Waals surface area contributed by atoms with Gasteiger partial charge in [0.2, 0.25) is 0 Å². The summed E-state index contributed by atoms with van der Waals surface area (Å²) in [5.41, 5.74) is -0.672. The summed E-state index contributed by atoms with van der Waals surface area (Å²) >= 11 is 0. The van der Waals surface area contributed by atoms with Crippen LogP contribution >= 0.6 is 0 Å².